The van der Waals surface area contributed by atoms with E-state index < -0.39 is 29.6 Å². The van der Waals surface area contributed by atoms with Gasteiger partial charge in [0.2, 0.25) is 0 Å². The lowest BCUT2D eigenvalue weighted by atomic mass is 9.44. The molecule has 7 aliphatic rings. The number of carbonyl (C=O) groups excluding carboxylic acids is 2. The molecule has 0 radical (unpaired) electrons. The number of benzene rings is 3. The van der Waals surface area contributed by atoms with Gasteiger partial charge in [-0.3, -0.25) is 9.59 Å². The van der Waals surface area contributed by atoms with Crippen molar-refractivity contribution in [3.63, 3.8) is 0 Å². The van der Waals surface area contributed by atoms with E-state index >= 15 is 0 Å². The lowest BCUT2D eigenvalue weighted by Crippen LogP contribution is -2.64. The molecule has 380 valence electrons. The first-order chi connectivity index (χ1) is 34.4. The third-order valence-electron chi connectivity index (χ3n) is 19.1. The van der Waals surface area contributed by atoms with Crippen molar-refractivity contribution in [3.8, 4) is 23.3 Å². The maximum atomic E-state index is 14.9. The largest absolute Gasteiger partial charge is 0.504 e. The van der Waals surface area contributed by atoms with Crippen LogP contribution in [0.3, 0.4) is 0 Å². The number of nitrogens with one attached hydrogen (secondary N) is 3. The summed E-state index contributed by atoms with van der Waals surface area (Å²) in [5, 5.41) is 61.3. The summed E-state index contributed by atoms with van der Waals surface area (Å²) in [5.41, 5.74) is 8.58. The van der Waals surface area contributed by atoms with Crippen LogP contribution < -0.4 is 26.4 Å². The number of phenols is 1. The monoisotopic (exact) mass is 967 g/mol. The van der Waals surface area contributed by atoms with Crippen LogP contribution in [-0.2, 0) is 16.0 Å². The summed E-state index contributed by atoms with van der Waals surface area (Å²) in [6.07, 6.45) is 12.6. The van der Waals surface area contributed by atoms with Crippen molar-refractivity contribution in [3.05, 3.63) is 94.8 Å². The number of ether oxygens (including phenoxy) is 1. The summed E-state index contributed by atoms with van der Waals surface area (Å²) in [6.45, 7) is 5.66. The van der Waals surface area contributed by atoms with Gasteiger partial charge < -0.3 is 46.8 Å². The van der Waals surface area contributed by atoms with E-state index in [1.165, 1.54) is 32.8 Å². The van der Waals surface area contributed by atoms with Crippen LogP contribution in [0.1, 0.15) is 132 Å². The number of hydrogen-bond donors (Lipinski definition) is 8. The van der Waals surface area contributed by atoms with Crippen LogP contribution in [0.25, 0.3) is 10.8 Å². The summed E-state index contributed by atoms with van der Waals surface area (Å²) in [6, 6.07) is 18.2. The number of piperidine rings is 1. The molecule has 11 nitrogen and oxygen atoms in total. The molecule has 5 aliphatic carbocycles. The fraction of sp³-hybridized carbons (Fsp3) is 0.600. The van der Waals surface area contributed by atoms with Crippen molar-refractivity contribution < 1.29 is 34.8 Å². The lowest BCUT2D eigenvalue weighted by molar-refractivity contribution is -0.149. The molecule has 1 saturated heterocycles. The minimum Gasteiger partial charge on any atom is -0.504 e. The summed E-state index contributed by atoms with van der Waals surface area (Å²) in [4.78, 5) is 27.6. The molecule has 3 aromatic carbocycles. The van der Waals surface area contributed by atoms with E-state index in [1.54, 1.807) is 12.1 Å². The van der Waals surface area contributed by atoms with Crippen molar-refractivity contribution in [2.75, 3.05) is 33.3 Å². The van der Waals surface area contributed by atoms with Gasteiger partial charge in [-0.2, -0.15) is 0 Å². The van der Waals surface area contributed by atoms with E-state index in [0.717, 1.165) is 72.8 Å². The number of aryl methyl sites for hydroxylation is 1. The van der Waals surface area contributed by atoms with Gasteiger partial charge in [-0.25, -0.2) is 0 Å². The zero-order chi connectivity index (χ0) is 49.4. The molecule has 0 amide bonds. The molecule has 9 N–H and O–H groups in total. The third kappa shape index (κ3) is 9.69. The Morgan fingerprint density at radius 3 is 2.55 bits per heavy atom. The number of ketones is 2. The molecule has 13 unspecified atom stereocenters. The van der Waals surface area contributed by atoms with E-state index in [1.807, 2.05) is 18.2 Å². The Balaban J connectivity index is 0.945. The number of rotatable bonds is 13. The minimum absolute atomic E-state index is 0.0442. The molecule has 4 saturated carbocycles. The van der Waals surface area contributed by atoms with E-state index in [9.17, 15) is 30.0 Å². The topological polar surface area (TPSA) is 186 Å². The number of aromatic hydroxyl groups is 1. The average Bonchev–Trinajstić information content (AvgIpc) is 3.87. The number of dihydropyridines is 1. The maximum absolute atomic E-state index is 14.9. The number of hydrogen-bond acceptors (Lipinski definition) is 11. The van der Waals surface area contributed by atoms with Crippen LogP contribution in [0.15, 0.2) is 78.1 Å². The molecule has 2 spiro atoms. The number of aliphatic hydroxyl groups is 3. The second-order valence-electron chi connectivity index (χ2n) is 22.8. The number of allylic oxidation sites excluding steroid dienone is 2. The van der Waals surface area contributed by atoms with Gasteiger partial charge in [0.25, 0.3) is 0 Å². The van der Waals surface area contributed by atoms with Crippen LogP contribution in [0.5, 0.6) is 11.5 Å². The summed E-state index contributed by atoms with van der Waals surface area (Å²) < 4.78 is 5.57. The first-order valence-electron chi connectivity index (χ1n) is 27.3. The van der Waals surface area contributed by atoms with Gasteiger partial charge in [-0.1, -0.05) is 80.1 Å². The van der Waals surface area contributed by atoms with Gasteiger partial charge in [0.15, 0.2) is 17.3 Å². The molecule has 0 aromatic heterocycles. The van der Waals surface area contributed by atoms with Crippen molar-refractivity contribution >= 4 is 22.3 Å². The Kier molecular flexibility index (Phi) is 14.8. The molecule has 13 atom stereocenters. The van der Waals surface area contributed by atoms with Crippen molar-refractivity contribution in [1.82, 2.24) is 16.0 Å². The van der Waals surface area contributed by atoms with Gasteiger partial charge in [-0.05, 0) is 182 Å². The van der Waals surface area contributed by atoms with E-state index in [4.69, 9.17) is 10.5 Å². The molecule has 2 heterocycles. The Morgan fingerprint density at radius 2 is 1.77 bits per heavy atom. The number of nitrogens with two attached hydrogens (primary N) is 1. The highest BCUT2D eigenvalue weighted by Gasteiger charge is 2.62. The zero-order valence-electron chi connectivity index (χ0n) is 42.0. The Bertz CT molecular complexity index is 2570. The quantitative estimate of drug-likeness (QED) is 0.0621. The number of Topliss-reactive ketones (excluding diaryl/α,β-unsaturated/α-hetero) is 2. The second kappa shape index (κ2) is 21.0. The van der Waals surface area contributed by atoms with E-state index in [0.29, 0.717) is 85.4 Å². The highest BCUT2D eigenvalue weighted by atomic mass is 16.5. The van der Waals surface area contributed by atoms with Gasteiger partial charge in [0, 0.05) is 43.7 Å². The minimum atomic E-state index is -1.29. The van der Waals surface area contributed by atoms with E-state index in [-0.39, 0.29) is 59.8 Å². The molecule has 3 aromatic rings. The molecule has 2 aliphatic heterocycles. The predicted molar refractivity (Wildman–Crippen MR) is 277 cm³/mol. The predicted octanol–water partition coefficient (Wildman–Crippen LogP) is 7.69. The van der Waals surface area contributed by atoms with Crippen molar-refractivity contribution in [2.45, 2.75) is 146 Å². The molecule has 10 rings (SSSR count). The fourth-order valence-electron chi connectivity index (χ4n) is 15.8. The molecular formula is C60H78N4O7. The zero-order valence-corrected chi connectivity index (χ0v) is 42.0. The molecular weight excluding hydrogens is 889 g/mol. The van der Waals surface area contributed by atoms with Crippen LogP contribution in [-0.4, -0.2) is 89.6 Å². The number of aliphatic hydroxyl groups excluding tert-OH is 3. The highest BCUT2D eigenvalue weighted by Crippen LogP contribution is 2.66. The number of fused-ring (bicyclic) bond motifs is 6. The molecule has 11 heteroatoms. The normalized spacial score (nSPS) is 32.6. The van der Waals surface area contributed by atoms with Gasteiger partial charge in [0.05, 0.1) is 31.2 Å². The Morgan fingerprint density at radius 1 is 0.958 bits per heavy atom. The number of methoxy groups -OCH3 is 1. The average molecular weight is 967 g/mol. The third-order valence-corrected chi connectivity index (χ3v) is 19.1. The smallest absolute Gasteiger partial charge is 0.160 e. The summed E-state index contributed by atoms with van der Waals surface area (Å²) in [7, 11) is 1.50. The summed E-state index contributed by atoms with van der Waals surface area (Å²) in [5.74, 6) is 9.85. The standard InChI is InChI=1S/C60H78N4O7/c1-3-23-62-34-43-26-48-45-14-13-44(65)31-50(45)64-35-49(48)59(19-6-7-20-59)58(43)42-17-22-60(56(70)29-42)21-16-40(47-33-53(68)54(71-2)28-39(47)12-15-55(60)69)27-51(66)52(67)32-46(41-18-24-63-57(61)30-41)38-11-10-36-8-4-5-9-37(36)25-38/h4-5,8-11,18,25,28,30,33,40,42-43,45-46,48-52,56,58,62-64,66-68,70H,3,6-7,12-15,17,19-20,22-24,26-27,29,31-32,34-35,61H2,1-2H3. The van der Waals surface area contributed by atoms with Gasteiger partial charge >= 0.3 is 0 Å². The van der Waals surface area contributed by atoms with E-state index in [2.05, 4.69) is 71.1 Å². The number of phenolic OH excluding ortho intramolecular Hbond substituents is 1. The van der Waals surface area contributed by atoms with Crippen LogP contribution in [0.4, 0.5) is 0 Å². The second-order valence-corrected chi connectivity index (χ2v) is 22.8. The lowest BCUT2D eigenvalue weighted by Gasteiger charge is -2.63. The van der Waals surface area contributed by atoms with Crippen molar-refractivity contribution in [2.24, 2.45) is 52.1 Å². The molecule has 5 fully saturated rings. The number of carbonyl (C=O) groups is 2. The summed E-state index contributed by atoms with van der Waals surface area (Å²) >= 11 is 0. The SMILES string of the molecule is CCCNCC1CC2C3CCC(=O)CC3NCC2C2(CCCC2)C1C1CCC2(C#CC(CC(O)C(O)CC(C3=CCNC(N)=C3)c3ccc4ccccc4c3)c3cc(O)c(OC)cc3CCC2=O)C(O)C1. The van der Waals surface area contributed by atoms with Crippen LogP contribution in [0, 0.1) is 58.2 Å². The first kappa shape index (κ1) is 49.9. The molecule has 0 bridgehead atoms. The fourth-order valence-corrected chi connectivity index (χ4v) is 15.8. The van der Waals surface area contributed by atoms with Crippen LogP contribution in [0.2, 0.25) is 0 Å². The Hall–Kier alpha value is -4.70. The van der Waals surface area contributed by atoms with Crippen molar-refractivity contribution in [1.29, 1.82) is 0 Å². The first-order valence-corrected chi connectivity index (χ1v) is 27.3. The highest BCUT2D eigenvalue weighted by molar-refractivity contribution is 5.89. The van der Waals surface area contributed by atoms with Crippen LogP contribution >= 0.6 is 0 Å². The Labute approximate surface area is 420 Å². The molecule has 71 heavy (non-hydrogen) atoms. The van der Waals surface area contributed by atoms with Gasteiger partial charge in [0.1, 0.15) is 11.2 Å². The maximum Gasteiger partial charge on any atom is 0.160 e. The van der Waals surface area contributed by atoms with Gasteiger partial charge in [-0.15, -0.1) is 0 Å².